The molecule has 2 rings (SSSR count). The molecular weight excluding hydrogens is 346 g/mol. The smallest absolute Gasteiger partial charge is 0.254 e. The van der Waals surface area contributed by atoms with Crippen molar-refractivity contribution >= 4 is 44.8 Å². The minimum atomic E-state index is 0.0000905. The van der Waals surface area contributed by atoms with E-state index in [1.807, 2.05) is 18.5 Å². The van der Waals surface area contributed by atoms with E-state index in [9.17, 15) is 4.79 Å². The van der Waals surface area contributed by atoms with Crippen molar-refractivity contribution in [2.75, 3.05) is 13.6 Å². The Labute approximate surface area is 130 Å². The number of amides is 1. The number of hydrogen-bond donors (Lipinski definition) is 0. The molecule has 0 aliphatic carbocycles. The van der Waals surface area contributed by atoms with Gasteiger partial charge in [0, 0.05) is 28.0 Å². The topological polar surface area (TPSA) is 20.3 Å². The van der Waals surface area contributed by atoms with Crippen LogP contribution >= 0.6 is 38.9 Å². The number of rotatable bonds is 4. The first kappa shape index (κ1) is 14.6. The van der Waals surface area contributed by atoms with Crippen LogP contribution < -0.4 is 0 Å². The maximum atomic E-state index is 12.3. The van der Waals surface area contributed by atoms with Gasteiger partial charge >= 0.3 is 0 Å². The second kappa shape index (κ2) is 6.55. The van der Waals surface area contributed by atoms with Crippen molar-refractivity contribution in [1.82, 2.24) is 4.90 Å². The maximum absolute atomic E-state index is 12.3. The molecule has 0 saturated carbocycles. The highest BCUT2D eigenvalue weighted by molar-refractivity contribution is 9.10. The zero-order valence-corrected chi connectivity index (χ0v) is 13.6. The van der Waals surface area contributed by atoms with Crippen LogP contribution in [0.25, 0.3) is 0 Å². The van der Waals surface area contributed by atoms with Crippen molar-refractivity contribution in [3.8, 4) is 0 Å². The van der Waals surface area contributed by atoms with Gasteiger partial charge in [-0.25, -0.2) is 0 Å². The van der Waals surface area contributed by atoms with E-state index < -0.39 is 0 Å². The molecule has 5 heteroatoms. The average Bonchev–Trinajstić information content (AvgIpc) is 2.88. The van der Waals surface area contributed by atoms with Gasteiger partial charge in [0.2, 0.25) is 0 Å². The average molecular weight is 359 g/mol. The van der Waals surface area contributed by atoms with E-state index in [0.717, 1.165) is 10.9 Å². The molecule has 1 aromatic carbocycles. The lowest BCUT2D eigenvalue weighted by atomic mass is 10.2. The zero-order valence-electron chi connectivity index (χ0n) is 10.4. The molecule has 0 saturated heterocycles. The first-order valence-electron chi connectivity index (χ1n) is 5.81. The summed E-state index contributed by atoms with van der Waals surface area (Å²) in [5.74, 6) is 0.0000905. The number of hydrogen-bond acceptors (Lipinski definition) is 2. The number of thiophene rings is 1. The molecule has 0 radical (unpaired) electrons. The summed E-state index contributed by atoms with van der Waals surface area (Å²) in [6.07, 6.45) is 0.880. The van der Waals surface area contributed by atoms with Crippen LogP contribution in [0.3, 0.4) is 0 Å². The van der Waals surface area contributed by atoms with Crippen LogP contribution in [0.15, 0.2) is 40.2 Å². The summed E-state index contributed by atoms with van der Waals surface area (Å²) in [5.41, 5.74) is 0.637. The SMILES string of the molecule is CN(CCc1cccs1)C(=O)c1ccc(Cl)cc1Br. The lowest BCUT2D eigenvalue weighted by molar-refractivity contribution is 0.0796. The Morgan fingerprint density at radius 2 is 2.21 bits per heavy atom. The first-order valence-corrected chi connectivity index (χ1v) is 7.86. The quantitative estimate of drug-likeness (QED) is 0.789. The van der Waals surface area contributed by atoms with E-state index in [2.05, 4.69) is 22.0 Å². The fraction of sp³-hybridized carbons (Fsp3) is 0.214. The minimum absolute atomic E-state index is 0.0000905. The van der Waals surface area contributed by atoms with E-state index in [-0.39, 0.29) is 5.91 Å². The van der Waals surface area contributed by atoms with E-state index >= 15 is 0 Å². The molecular formula is C14H13BrClNOS. The van der Waals surface area contributed by atoms with E-state index in [0.29, 0.717) is 17.1 Å². The number of halogens is 2. The van der Waals surface area contributed by atoms with Gasteiger partial charge in [-0.2, -0.15) is 0 Å². The van der Waals surface area contributed by atoms with Crippen LogP contribution in [0.1, 0.15) is 15.2 Å². The third-order valence-electron chi connectivity index (χ3n) is 2.78. The second-order valence-electron chi connectivity index (χ2n) is 4.18. The maximum Gasteiger partial charge on any atom is 0.254 e. The summed E-state index contributed by atoms with van der Waals surface area (Å²) in [5, 5.41) is 2.66. The molecule has 0 atom stereocenters. The largest absolute Gasteiger partial charge is 0.341 e. The van der Waals surface area contributed by atoms with Crippen LogP contribution in [-0.2, 0) is 6.42 Å². The molecule has 2 nitrogen and oxygen atoms in total. The highest BCUT2D eigenvalue weighted by atomic mass is 79.9. The Morgan fingerprint density at radius 1 is 1.42 bits per heavy atom. The third-order valence-corrected chi connectivity index (χ3v) is 4.61. The molecule has 1 aromatic heterocycles. The fourth-order valence-corrected chi connectivity index (χ4v) is 3.25. The summed E-state index contributed by atoms with van der Waals surface area (Å²) in [6, 6.07) is 9.32. The molecule has 100 valence electrons. The molecule has 19 heavy (non-hydrogen) atoms. The van der Waals surface area contributed by atoms with Crippen LogP contribution in [0.2, 0.25) is 5.02 Å². The summed E-state index contributed by atoms with van der Waals surface area (Å²) >= 11 is 11.0. The minimum Gasteiger partial charge on any atom is -0.341 e. The molecule has 0 unspecified atom stereocenters. The van der Waals surface area contributed by atoms with Crippen LogP contribution in [0, 0.1) is 0 Å². The summed E-state index contributed by atoms with van der Waals surface area (Å²) in [4.78, 5) is 15.3. The number of carbonyl (C=O) groups excluding carboxylic acids is 1. The zero-order chi connectivity index (χ0) is 13.8. The Kier molecular flexibility index (Phi) is 5.02. The van der Waals surface area contributed by atoms with Crippen molar-refractivity contribution in [3.05, 3.63) is 55.6 Å². The molecule has 1 heterocycles. The number of benzene rings is 1. The fourth-order valence-electron chi connectivity index (χ4n) is 1.70. The van der Waals surface area contributed by atoms with Gasteiger partial charge in [0.1, 0.15) is 0 Å². The lowest BCUT2D eigenvalue weighted by Crippen LogP contribution is -2.28. The van der Waals surface area contributed by atoms with Gasteiger partial charge < -0.3 is 4.90 Å². The molecule has 0 spiro atoms. The van der Waals surface area contributed by atoms with Gasteiger partial charge in [-0.1, -0.05) is 17.7 Å². The van der Waals surface area contributed by atoms with Crippen molar-refractivity contribution in [2.24, 2.45) is 0 Å². The van der Waals surface area contributed by atoms with Crippen molar-refractivity contribution in [2.45, 2.75) is 6.42 Å². The standard InChI is InChI=1S/C14H13BrClNOS/c1-17(7-6-11-3-2-8-19-11)14(18)12-5-4-10(16)9-13(12)15/h2-5,8-9H,6-7H2,1H3. The normalized spacial score (nSPS) is 10.5. The monoisotopic (exact) mass is 357 g/mol. The number of carbonyl (C=O) groups is 1. The first-order chi connectivity index (χ1) is 9.08. The number of nitrogens with zero attached hydrogens (tertiary/aromatic N) is 1. The Morgan fingerprint density at radius 3 is 2.84 bits per heavy atom. The van der Waals surface area contributed by atoms with Gasteiger partial charge in [0.05, 0.1) is 5.56 Å². The Hall–Kier alpha value is -0.840. The highest BCUT2D eigenvalue weighted by Gasteiger charge is 2.15. The van der Waals surface area contributed by atoms with E-state index in [1.165, 1.54) is 4.88 Å². The van der Waals surface area contributed by atoms with Crippen molar-refractivity contribution in [3.63, 3.8) is 0 Å². The van der Waals surface area contributed by atoms with E-state index in [1.54, 1.807) is 34.4 Å². The van der Waals surface area contributed by atoms with Crippen LogP contribution in [0.5, 0.6) is 0 Å². The second-order valence-corrected chi connectivity index (χ2v) is 6.50. The summed E-state index contributed by atoms with van der Waals surface area (Å²) < 4.78 is 0.730. The lowest BCUT2D eigenvalue weighted by Gasteiger charge is -2.17. The predicted molar refractivity (Wildman–Crippen MR) is 84.1 cm³/mol. The van der Waals surface area contributed by atoms with Gasteiger partial charge in [0.25, 0.3) is 5.91 Å². The van der Waals surface area contributed by atoms with Gasteiger partial charge in [0.15, 0.2) is 0 Å². The highest BCUT2D eigenvalue weighted by Crippen LogP contribution is 2.22. The molecule has 0 N–H and O–H groups in total. The Balaban J connectivity index is 2.02. The molecule has 0 aliphatic heterocycles. The third kappa shape index (κ3) is 3.81. The van der Waals surface area contributed by atoms with Crippen molar-refractivity contribution < 1.29 is 4.79 Å². The Bertz CT molecular complexity index is 571. The molecule has 0 bridgehead atoms. The molecule has 0 fully saturated rings. The van der Waals surface area contributed by atoms with Crippen LogP contribution in [-0.4, -0.2) is 24.4 Å². The molecule has 2 aromatic rings. The molecule has 1 amide bonds. The van der Waals surface area contributed by atoms with Gasteiger partial charge in [-0.3, -0.25) is 4.79 Å². The van der Waals surface area contributed by atoms with Crippen LogP contribution in [0.4, 0.5) is 0 Å². The van der Waals surface area contributed by atoms with Gasteiger partial charge in [-0.15, -0.1) is 11.3 Å². The summed E-state index contributed by atoms with van der Waals surface area (Å²) in [6.45, 7) is 0.703. The van der Waals surface area contributed by atoms with Crippen molar-refractivity contribution in [1.29, 1.82) is 0 Å². The number of likely N-dealkylation sites (N-methyl/N-ethyl adjacent to an activating group) is 1. The predicted octanol–water partition coefficient (Wildman–Crippen LogP) is 4.48. The van der Waals surface area contributed by atoms with E-state index in [4.69, 9.17) is 11.6 Å². The summed E-state index contributed by atoms with van der Waals surface area (Å²) in [7, 11) is 1.82. The van der Waals surface area contributed by atoms with Gasteiger partial charge in [-0.05, 0) is 52.0 Å². The molecule has 0 aliphatic rings.